The van der Waals surface area contributed by atoms with Gasteiger partial charge in [0.15, 0.2) is 5.82 Å². The average Bonchev–Trinajstić information content (AvgIpc) is 3.40. The molecule has 0 spiro atoms. The standard InChI is InChI=1S/C30H35F5N8O3/c1-14-22(30(33,34)35)17(10-18(36)23(14)31)25-24(32)26-21-27(43-9-7-37-11-19(43)15(2)46-28(21)38-25)40-29(39-26)45-13-16-6-5-8-42(16)12-20(44)41(3)4/h10,15-16,19,37H,5-9,11-13,36H2,1-4H3/t15-,16+,19-/m0/s1. The molecule has 0 unspecified atom stereocenters. The summed E-state index contributed by atoms with van der Waals surface area (Å²) in [6.07, 6.45) is -3.99. The van der Waals surface area contributed by atoms with Gasteiger partial charge in [-0.15, -0.1) is 0 Å². The maximum atomic E-state index is 16.6. The fourth-order valence-corrected chi connectivity index (χ4v) is 6.45. The Morgan fingerprint density at radius 1 is 1.20 bits per heavy atom. The third kappa shape index (κ3) is 5.61. The summed E-state index contributed by atoms with van der Waals surface area (Å²) in [6, 6.07) is 0.127. The highest BCUT2D eigenvalue weighted by atomic mass is 19.4. The predicted molar refractivity (Wildman–Crippen MR) is 160 cm³/mol. The summed E-state index contributed by atoms with van der Waals surface area (Å²) in [5.41, 5.74) is 1.12. The lowest BCUT2D eigenvalue weighted by Crippen LogP contribution is -2.56. The number of benzene rings is 1. The Bertz CT molecular complexity index is 1690. The average molecular weight is 651 g/mol. The van der Waals surface area contributed by atoms with Crippen LogP contribution in [0.15, 0.2) is 6.07 Å². The number of halogens is 5. The number of carbonyl (C=O) groups excluding carboxylic acids is 1. The molecule has 11 nitrogen and oxygen atoms in total. The van der Waals surface area contributed by atoms with E-state index >= 15 is 4.39 Å². The lowest BCUT2D eigenvalue weighted by molar-refractivity contribution is -0.137. The van der Waals surface area contributed by atoms with Gasteiger partial charge in [-0.2, -0.15) is 23.1 Å². The summed E-state index contributed by atoms with van der Waals surface area (Å²) < 4.78 is 86.4. The number of carbonyl (C=O) groups is 1. The van der Waals surface area contributed by atoms with Crippen molar-refractivity contribution in [2.24, 2.45) is 0 Å². The Labute approximate surface area is 261 Å². The van der Waals surface area contributed by atoms with Gasteiger partial charge >= 0.3 is 12.2 Å². The molecule has 6 rings (SSSR count). The van der Waals surface area contributed by atoms with E-state index in [4.69, 9.17) is 15.2 Å². The number of anilines is 2. The Kier molecular flexibility index (Phi) is 8.29. The van der Waals surface area contributed by atoms with E-state index in [1.54, 1.807) is 21.0 Å². The second-order valence-electron chi connectivity index (χ2n) is 12.1. The topological polar surface area (TPSA) is 122 Å². The molecule has 0 aliphatic carbocycles. The van der Waals surface area contributed by atoms with Crippen molar-refractivity contribution in [1.29, 1.82) is 0 Å². The van der Waals surface area contributed by atoms with Gasteiger partial charge in [-0.05, 0) is 44.9 Å². The van der Waals surface area contributed by atoms with Gasteiger partial charge in [-0.1, -0.05) is 0 Å². The zero-order chi connectivity index (χ0) is 33.1. The van der Waals surface area contributed by atoms with E-state index in [1.165, 1.54) is 4.90 Å². The molecule has 0 radical (unpaired) electrons. The molecule has 248 valence electrons. The molecule has 46 heavy (non-hydrogen) atoms. The molecular formula is C30H35F5N8O3. The summed E-state index contributed by atoms with van der Waals surface area (Å²) in [5, 5.41) is 3.38. The molecule has 2 aromatic heterocycles. The first kappa shape index (κ1) is 31.9. The van der Waals surface area contributed by atoms with Gasteiger partial charge in [0, 0.05) is 45.3 Å². The zero-order valence-electron chi connectivity index (χ0n) is 25.8. The van der Waals surface area contributed by atoms with Gasteiger partial charge in [-0.3, -0.25) is 9.69 Å². The highest BCUT2D eigenvalue weighted by Crippen LogP contribution is 2.46. The first-order valence-corrected chi connectivity index (χ1v) is 15.0. The van der Waals surface area contributed by atoms with Gasteiger partial charge < -0.3 is 30.3 Å². The van der Waals surface area contributed by atoms with Crippen molar-refractivity contribution in [3.63, 3.8) is 0 Å². The first-order valence-electron chi connectivity index (χ1n) is 15.0. The van der Waals surface area contributed by atoms with E-state index in [0.29, 0.717) is 26.2 Å². The van der Waals surface area contributed by atoms with Crippen LogP contribution in [0.1, 0.15) is 30.9 Å². The summed E-state index contributed by atoms with van der Waals surface area (Å²) >= 11 is 0. The Balaban J connectivity index is 1.50. The quantitative estimate of drug-likeness (QED) is 0.304. The van der Waals surface area contributed by atoms with Crippen molar-refractivity contribution >= 4 is 28.3 Å². The van der Waals surface area contributed by atoms with E-state index in [-0.39, 0.29) is 59.8 Å². The number of pyridine rings is 1. The molecule has 0 saturated carbocycles. The van der Waals surface area contributed by atoms with E-state index in [1.807, 2.05) is 9.80 Å². The third-order valence-corrected chi connectivity index (χ3v) is 8.91. The molecular weight excluding hydrogens is 615 g/mol. The van der Waals surface area contributed by atoms with Crippen LogP contribution >= 0.6 is 0 Å². The van der Waals surface area contributed by atoms with Gasteiger partial charge in [0.1, 0.15) is 40.9 Å². The molecule has 2 fully saturated rings. The molecule has 3 atom stereocenters. The van der Waals surface area contributed by atoms with Crippen LogP contribution < -0.4 is 25.4 Å². The number of nitrogens with two attached hydrogens (primary N) is 1. The van der Waals surface area contributed by atoms with Crippen LogP contribution in [0.2, 0.25) is 0 Å². The lowest BCUT2D eigenvalue weighted by Gasteiger charge is -2.38. The maximum absolute atomic E-state index is 16.6. The fourth-order valence-electron chi connectivity index (χ4n) is 6.45. The van der Waals surface area contributed by atoms with Crippen molar-refractivity contribution in [2.45, 2.75) is 51.1 Å². The van der Waals surface area contributed by atoms with Crippen molar-refractivity contribution in [3.8, 4) is 23.1 Å². The number of nitrogen functional groups attached to an aromatic ring is 1. The minimum absolute atomic E-state index is 0.0575. The number of piperazine rings is 1. The zero-order valence-corrected chi connectivity index (χ0v) is 25.8. The van der Waals surface area contributed by atoms with Crippen LogP contribution in [0, 0.1) is 18.6 Å². The number of amides is 1. The second-order valence-corrected chi connectivity index (χ2v) is 12.1. The van der Waals surface area contributed by atoms with Gasteiger partial charge in [0.05, 0.1) is 23.8 Å². The summed E-state index contributed by atoms with van der Waals surface area (Å²) in [5.74, 6) is -2.38. The highest BCUT2D eigenvalue weighted by molar-refractivity contribution is 5.97. The number of aromatic nitrogens is 3. The Morgan fingerprint density at radius 3 is 2.67 bits per heavy atom. The van der Waals surface area contributed by atoms with Crippen LogP contribution in [-0.2, 0) is 11.0 Å². The molecule has 2 saturated heterocycles. The first-order chi connectivity index (χ1) is 21.8. The van der Waals surface area contributed by atoms with Gasteiger partial charge in [0.25, 0.3) is 0 Å². The fraction of sp³-hybridized carbons (Fsp3) is 0.533. The predicted octanol–water partition coefficient (Wildman–Crippen LogP) is 3.37. The van der Waals surface area contributed by atoms with Crippen LogP contribution in [0.4, 0.5) is 33.5 Å². The lowest BCUT2D eigenvalue weighted by atomic mass is 9.96. The largest absolute Gasteiger partial charge is 0.472 e. The number of ether oxygens (including phenoxy) is 2. The van der Waals surface area contributed by atoms with Gasteiger partial charge in [0.2, 0.25) is 11.8 Å². The number of likely N-dealkylation sites (N-methyl/N-ethyl adjacent to an activating group) is 1. The highest BCUT2D eigenvalue weighted by Gasteiger charge is 2.41. The third-order valence-electron chi connectivity index (χ3n) is 8.91. The molecule has 1 amide bonds. The maximum Gasteiger partial charge on any atom is 0.417 e. The normalized spacial score (nSPS) is 21.6. The Morgan fingerprint density at radius 2 is 1.96 bits per heavy atom. The van der Waals surface area contributed by atoms with E-state index < -0.39 is 52.0 Å². The number of hydrogen-bond acceptors (Lipinski definition) is 10. The molecule has 16 heteroatoms. The molecule has 1 aromatic carbocycles. The molecule has 3 aliphatic heterocycles. The van der Waals surface area contributed by atoms with Crippen molar-refractivity contribution < 1.29 is 36.2 Å². The van der Waals surface area contributed by atoms with Crippen LogP contribution in [0.25, 0.3) is 22.2 Å². The number of fused-ring (bicyclic) bond motifs is 2. The number of nitrogens with one attached hydrogen (secondary N) is 1. The van der Waals surface area contributed by atoms with E-state index in [9.17, 15) is 22.4 Å². The molecule has 0 bridgehead atoms. The van der Waals surface area contributed by atoms with Crippen molar-refractivity contribution in [3.05, 3.63) is 28.8 Å². The molecule has 3 N–H and O–H groups in total. The Hall–Kier alpha value is -4.05. The minimum atomic E-state index is -5.06. The minimum Gasteiger partial charge on any atom is -0.472 e. The molecule has 5 heterocycles. The van der Waals surface area contributed by atoms with Gasteiger partial charge in [-0.25, -0.2) is 13.8 Å². The van der Waals surface area contributed by atoms with E-state index in [2.05, 4.69) is 20.3 Å². The van der Waals surface area contributed by atoms with Crippen LogP contribution in [0.5, 0.6) is 11.9 Å². The summed E-state index contributed by atoms with van der Waals surface area (Å²) in [6.45, 7) is 5.27. The number of hydrogen-bond donors (Lipinski definition) is 2. The van der Waals surface area contributed by atoms with Crippen molar-refractivity contribution in [1.82, 2.24) is 30.1 Å². The smallest absolute Gasteiger partial charge is 0.417 e. The molecule has 3 aliphatic rings. The van der Waals surface area contributed by atoms with Crippen molar-refractivity contribution in [2.75, 3.05) is 64.1 Å². The number of nitrogens with zero attached hydrogens (tertiary/aromatic N) is 6. The second kappa shape index (κ2) is 12.0. The number of rotatable bonds is 6. The van der Waals surface area contributed by atoms with Crippen LogP contribution in [0.3, 0.4) is 0 Å². The number of alkyl halides is 3. The number of likely N-dealkylation sites (tertiary alicyclic amines) is 1. The summed E-state index contributed by atoms with van der Waals surface area (Å²) in [4.78, 5) is 31.1. The van der Waals surface area contributed by atoms with Crippen LogP contribution in [-0.4, -0.2) is 102 Å². The summed E-state index contributed by atoms with van der Waals surface area (Å²) in [7, 11) is 3.36. The monoisotopic (exact) mass is 650 g/mol. The van der Waals surface area contributed by atoms with E-state index in [0.717, 1.165) is 25.8 Å². The molecule has 3 aromatic rings. The SMILES string of the molecule is Cc1c(F)c(N)cc(-c2nc3c4c(nc(OC[C@H]5CCCN5CC(=O)N(C)C)nc4c2F)N2CCNC[C@H]2[C@H](C)O3)c1C(F)(F)F.